The number of hydrogen-bond acceptors (Lipinski definition) is 3. The van der Waals surface area contributed by atoms with Gasteiger partial charge in [-0.05, 0) is 36.3 Å². The summed E-state index contributed by atoms with van der Waals surface area (Å²) in [6.45, 7) is 6.47. The van der Waals surface area contributed by atoms with Crippen LogP contribution >= 0.6 is 0 Å². The number of aromatic nitrogens is 1. The zero-order valence-electron chi connectivity index (χ0n) is 10.9. The van der Waals surface area contributed by atoms with E-state index in [0.717, 1.165) is 32.4 Å². The summed E-state index contributed by atoms with van der Waals surface area (Å²) in [6, 6.07) is 4.03. The van der Waals surface area contributed by atoms with Gasteiger partial charge in [0.2, 0.25) is 0 Å². The molecule has 17 heavy (non-hydrogen) atoms. The first-order valence-electron chi connectivity index (χ1n) is 6.47. The predicted molar refractivity (Wildman–Crippen MR) is 70.7 cm³/mol. The Balaban J connectivity index is 2.42. The molecule has 0 saturated carbocycles. The number of pyridine rings is 1. The zero-order chi connectivity index (χ0) is 12.6. The minimum absolute atomic E-state index is 0.233. The van der Waals surface area contributed by atoms with Crippen LogP contribution in [0, 0.1) is 5.41 Å². The van der Waals surface area contributed by atoms with Crippen LogP contribution in [0.4, 0.5) is 0 Å². The third-order valence-corrected chi connectivity index (χ3v) is 3.69. The van der Waals surface area contributed by atoms with E-state index in [1.165, 1.54) is 5.56 Å². The van der Waals surface area contributed by atoms with Crippen molar-refractivity contribution in [3.63, 3.8) is 0 Å². The van der Waals surface area contributed by atoms with E-state index in [1.807, 2.05) is 12.3 Å². The summed E-state index contributed by atoms with van der Waals surface area (Å²) in [6.07, 6.45) is 6.75. The van der Waals surface area contributed by atoms with Gasteiger partial charge >= 0.3 is 0 Å². The Morgan fingerprint density at radius 1 is 1.35 bits per heavy atom. The molecule has 0 aliphatic rings. The fraction of sp³-hybridized carbons (Fsp3) is 0.643. The first-order chi connectivity index (χ1) is 8.26. The van der Waals surface area contributed by atoms with Gasteiger partial charge in [-0.25, -0.2) is 0 Å². The van der Waals surface area contributed by atoms with Crippen LogP contribution in [0.15, 0.2) is 24.5 Å². The van der Waals surface area contributed by atoms with Gasteiger partial charge in [0.15, 0.2) is 0 Å². The van der Waals surface area contributed by atoms with E-state index in [0.29, 0.717) is 0 Å². The Labute approximate surface area is 104 Å². The number of rotatable bonds is 8. The highest BCUT2D eigenvalue weighted by atomic mass is 16.3. The summed E-state index contributed by atoms with van der Waals surface area (Å²) in [5.41, 5.74) is 1.44. The number of nitrogens with zero attached hydrogens (tertiary/aromatic N) is 1. The third kappa shape index (κ3) is 4.44. The van der Waals surface area contributed by atoms with E-state index in [-0.39, 0.29) is 12.0 Å². The summed E-state index contributed by atoms with van der Waals surface area (Å²) in [4.78, 5) is 4.10. The number of aliphatic hydroxyl groups excluding tert-OH is 1. The molecular weight excluding hydrogens is 212 g/mol. The number of nitrogens with one attached hydrogen (secondary N) is 1. The molecule has 0 aromatic carbocycles. The van der Waals surface area contributed by atoms with Crippen molar-refractivity contribution in [2.24, 2.45) is 5.41 Å². The molecule has 0 atom stereocenters. The van der Waals surface area contributed by atoms with Crippen LogP contribution in [-0.4, -0.2) is 23.2 Å². The zero-order valence-corrected chi connectivity index (χ0v) is 10.9. The Kier molecular flexibility index (Phi) is 6.16. The van der Waals surface area contributed by atoms with Crippen LogP contribution in [0.25, 0.3) is 0 Å². The van der Waals surface area contributed by atoms with Gasteiger partial charge in [-0.1, -0.05) is 19.9 Å². The van der Waals surface area contributed by atoms with Crippen LogP contribution in [0.1, 0.15) is 38.7 Å². The second kappa shape index (κ2) is 7.41. The molecule has 2 N–H and O–H groups in total. The average Bonchev–Trinajstić information content (AvgIpc) is 2.39. The number of aliphatic hydroxyl groups is 1. The highest BCUT2D eigenvalue weighted by Gasteiger charge is 2.24. The fourth-order valence-electron chi connectivity index (χ4n) is 2.15. The minimum Gasteiger partial charge on any atom is -0.396 e. The van der Waals surface area contributed by atoms with Crippen LogP contribution in [0.5, 0.6) is 0 Å². The van der Waals surface area contributed by atoms with E-state index >= 15 is 0 Å². The summed E-state index contributed by atoms with van der Waals surface area (Å²) < 4.78 is 0. The quantitative estimate of drug-likeness (QED) is 0.728. The molecule has 0 aliphatic heterocycles. The molecule has 1 heterocycles. The van der Waals surface area contributed by atoms with Crippen molar-refractivity contribution in [1.82, 2.24) is 10.3 Å². The summed E-state index contributed by atoms with van der Waals surface area (Å²) in [7, 11) is 0. The SMILES string of the molecule is CCC(CC)(CCO)CNCc1cccnc1. The third-order valence-electron chi connectivity index (χ3n) is 3.69. The molecule has 1 rings (SSSR count). The standard InChI is InChI=1S/C14H24N2O/c1-3-14(4-2,7-9-17)12-16-11-13-6-5-8-15-10-13/h5-6,8,10,16-17H,3-4,7,9,11-12H2,1-2H3. The molecule has 96 valence electrons. The largest absolute Gasteiger partial charge is 0.396 e. The molecule has 0 saturated heterocycles. The van der Waals surface area contributed by atoms with Crippen LogP contribution < -0.4 is 5.32 Å². The molecule has 0 amide bonds. The van der Waals surface area contributed by atoms with Crippen molar-refractivity contribution in [2.45, 2.75) is 39.7 Å². The van der Waals surface area contributed by atoms with Gasteiger partial charge in [0.25, 0.3) is 0 Å². The molecular formula is C14H24N2O. The van der Waals surface area contributed by atoms with E-state index < -0.39 is 0 Å². The Hall–Kier alpha value is -0.930. The van der Waals surface area contributed by atoms with Crippen molar-refractivity contribution in [1.29, 1.82) is 0 Å². The predicted octanol–water partition coefficient (Wildman–Crippen LogP) is 2.36. The highest BCUT2D eigenvalue weighted by molar-refractivity contribution is 5.07. The van der Waals surface area contributed by atoms with Gasteiger partial charge in [0.05, 0.1) is 0 Å². The average molecular weight is 236 g/mol. The molecule has 0 bridgehead atoms. The van der Waals surface area contributed by atoms with Crippen molar-refractivity contribution < 1.29 is 5.11 Å². The maximum atomic E-state index is 9.14. The summed E-state index contributed by atoms with van der Waals surface area (Å²) in [5, 5.41) is 12.6. The smallest absolute Gasteiger partial charge is 0.0436 e. The van der Waals surface area contributed by atoms with Gasteiger partial charge in [0, 0.05) is 32.1 Å². The Bertz CT molecular complexity index is 296. The second-order valence-corrected chi connectivity index (χ2v) is 4.65. The molecule has 3 heteroatoms. The van der Waals surface area contributed by atoms with Crippen molar-refractivity contribution in [3.8, 4) is 0 Å². The Morgan fingerprint density at radius 2 is 2.12 bits per heavy atom. The van der Waals surface area contributed by atoms with Crippen molar-refractivity contribution >= 4 is 0 Å². The van der Waals surface area contributed by atoms with Gasteiger partial charge < -0.3 is 10.4 Å². The van der Waals surface area contributed by atoms with Crippen LogP contribution in [-0.2, 0) is 6.54 Å². The lowest BCUT2D eigenvalue weighted by molar-refractivity contribution is 0.163. The minimum atomic E-state index is 0.233. The first kappa shape index (κ1) is 14.1. The fourth-order valence-corrected chi connectivity index (χ4v) is 2.15. The van der Waals surface area contributed by atoms with Crippen molar-refractivity contribution in [3.05, 3.63) is 30.1 Å². The van der Waals surface area contributed by atoms with Gasteiger partial charge in [-0.3, -0.25) is 4.98 Å². The lowest BCUT2D eigenvalue weighted by atomic mass is 9.79. The van der Waals surface area contributed by atoms with Crippen LogP contribution in [0.2, 0.25) is 0 Å². The molecule has 1 aromatic heterocycles. The maximum Gasteiger partial charge on any atom is 0.0436 e. The maximum absolute atomic E-state index is 9.14. The van der Waals surface area contributed by atoms with Gasteiger partial charge in [0.1, 0.15) is 0 Å². The summed E-state index contributed by atoms with van der Waals surface area (Å²) in [5.74, 6) is 0. The topological polar surface area (TPSA) is 45.1 Å². The Morgan fingerprint density at radius 3 is 2.65 bits per heavy atom. The monoisotopic (exact) mass is 236 g/mol. The number of hydrogen-bond donors (Lipinski definition) is 2. The molecule has 0 unspecified atom stereocenters. The van der Waals surface area contributed by atoms with Gasteiger partial charge in [-0.2, -0.15) is 0 Å². The molecule has 0 aliphatic carbocycles. The molecule has 3 nitrogen and oxygen atoms in total. The molecule has 0 spiro atoms. The van der Waals surface area contributed by atoms with Crippen LogP contribution in [0.3, 0.4) is 0 Å². The lowest BCUT2D eigenvalue weighted by Crippen LogP contribution is -2.34. The molecule has 0 radical (unpaired) electrons. The molecule has 1 aromatic rings. The summed E-state index contributed by atoms with van der Waals surface area (Å²) >= 11 is 0. The van der Waals surface area contributed by atoms with E-state index in [9.17, 15) is 0 Å². The normalized spacial score (nSPS) is 11.7. The lowest BCUT2D eigenvalue weighted by Gasteiger charge is -2.31. The van der Waals surface area contributed by atoms with Gasteiger partial charge in [-0.15, -0.1) is 0 Å². The second-order valence-electron chi connectivity index (χ2n) is 4.65. The molecule has 0 fully saturated rings. The van der Waals surface area contributed by atoms with Crippen molar-refractivity contribution in [2.75, 3.05) is 13.2 Å². The van der Waals surface area contributed by atoms with E-state index in [2.05, 4.69) is 30.2 Å². The first-order valence-corrected chi connectivity index (χ1v) is 6.47. The van der Waals surface area contributed by atoms with E-state index in [4.69, 9.17) is 5.11 Å². The highest BCUT2D eigenvalue weighted by Crippen LogP contribution is 2.29. The van der Waals surface area contributed by atoms with E-state index in [1.54, 1.807) is 6.20 Å².